The van der Waals surface area contributed by atoms with Gasteiger partial charge in [0.25, 0.3) is 0 Å². The molecule has 21 heavy (non-hydrogen) atoms. The lowest BCUT2D eigenvalue weighted by atomic mass is 10.2. The van der Waals surface area contributed by atoms with Crippen molar-refractivity contribution in [3.63, 3.8) is 0 Å². The monoisotopic (exact) mass is 327 g/mol. The maximum absolute atomic E-state index is 12.2. The number of amides is 1. The molecule has 1 aromatic carbocycles. The van der Waals surface area contributed by atoms with Crippen molar-refractivity contribution < 1.29 is 14.7 Å². The summed E-state index contributed by atoms with van der Waals surface area (Å²) in [7, 11) is 0. The Bertz CT molecular complexity index is 562. The zero-order valence-electron chi connectivity index (χ0n) is 11.3. The first-order valence-electron chi connectivity index (χ1n) is 6.63. The van der Waals surface area contributed by atoms with E-state index in [-0.39, 0.29) is 24.9 Å². The van der Waals surface area contributed by atoms with Crippen LogP contribution in [0, 0.1) is 0 Å². The molecule has 0 aromatic heterocycles. The molecule has 1 aromatic rings. The molecule has 0 saturated heterocycles. The summed E-state index contributed by atoms with van der Waals surface area (Å²) in [5.74, 6) is -1.12. The lowest BCUT2D eigenvalue weighted by molar-refractivity contribution is -0.138. The molecule has 0 aliphatic heterocycles. The van der Waals surface area contributed by atoms with Crippen LogP contribution in [-0.2, 0) is 9.59 Å². The molecule has 1 N–H and O–H groups in total. The number of carboxylic acid groups (broad SMARTS) is 1. The van der Waals surface area contributed by atoms with Gasteiger partial charge >= 0.3 is 5.97 Å². The number of nitrogens with zero attached hydrogens (tertiary/aromatic N) is 1. The van der Waals surface area contributed by atoms with E-state index in [2.05, 4.69) is 0 Å². The Labute approximate surface area is 133 Å². The lowest BCUT2D eigenvalue weighted by Crippen LogP contribution is -2.33. The molecule has 4 nitrogen and oxygen atoms in total. The number of halogens is 2. The molecule has 1 aliphatic carbocycles. The van der Waals surface area contributed by atoms with E-state index >= 15 is 0 Å². The molecule has 2 rings (SSSR count). The molecule has 1 amide bonds. The first-order valence-corrected chi connectivity index (χ1v) is 7.39. The number of carboxylic acids is 1. The van der Waals surface area contributed by atoms with Gasteiger partial charge < -0.3 is 10.0 Å². The third-order valence-corrected chi connectivity index (χ3v) is 3.89. The summed E-state index contributed by atoms with van der Waals surface area (Å²) in [6.07, 6.45) is 4.76. The van der Waals surface area contributed by atoms with E-state index in [0.29, 0.717) is 15.6 Å². The van der Waals surface area contributed by atoms with Crippen molar-refractivity contribution in [2.45, 2.75) is 25.3 Å². The Morgan fingerprint density at radius 3 is 2.43 bits per heavy atom. The van der Waals surface area contributed by atoms with Crippen LogP contribution in [0.1, 0.15) is 24.8 Å². The van der Waals surface area contributed by atoms with Gasteiger partial charge in [-0.2, -0.15) is 0 Å². The Hall–Kier alpha value is -1.52. The maximum Gasteiger partial charge on any atom is 0.305 e. The van der Waals surface area contributed by atoms with Gasteiger partial charge in [0, 0.05) is 34.3 Å². The van der Waals surface area contributed by atoms with Crippen LogP contribution >= 0.6 is 23.2 Å². The number of aliphatic carboxylic acids is 1. The molecule has 0 unspecified atom stereocenters. The fourth-order valence-corrected chi connectivity index (χ4v) is 2.52. The third-order valence-electron chi connectivity index (χ3n) is 3.23. The van der Waals surface area contributed by atoms with Crippen molar-refractivity contribution >= 4 is 41.2 Å². The van der Waals surface area contributed by atoms with Gasteiger partial charge in [-0.3, -0.25) is 9.59 Å². The number of hydrogen-bond acceptors (Lipinski definition) is 2. The zero-order chi connectivity index (χ0) is 15.4. The number of carbonyl (C=O) groups excluding carboxylic acids is 1. The van der Waals surface area contributed by atoms with Crippen LogP contribution in [0.2, 0.25) is 10.0 Å². The molecule has 6 heteroatoms. The predicted octanol–water partition coefficient (Wildman–Crippen LogP) is 3.47. The maximum atomic E-state index is 12.2. The standard InChI is InChI=1S/C15H15Cl2NO3/c16-12-2-1-3-13(17)11(12)6-7-14(19)18(10-4-5-10)9-8-15(20)21/h1-3,6-7,10H,4-5,8-9H2,(H,20,21)/b7-6+. The molecule has 0 spiro atoms. The minimum atomic E-state index is -0.911. The normalized spacial score (nSPS) is 14.4. The lowest BCUT2D eigenvalue weighted by Gasteiger charge is -2.19. The second-order valence-electron chi connectivity index (χ2n) is 4.88. The minimum Gasteiger partial charge on any atom is -0.481 e. The molecule has 112 valence electrons. The summed E-state index contributed by atoms with van der Waals surface area (Å²) < 4.78 is 0. The number of rotatable bonds is 6. The minimum absolute atomic E-state index is 0.0526. The first kappa shape index (κ1) is 15.9. The summed E-state index contributed by atoms with van der Waals surface area (Å²) >= 11 is 12.1. The summed E-state index contributed by atoms with van der Waals surface area (Å²) in [5, 5.41) is 9.67. The van der Waals surface area contributed by atoms with Gasteiger partial charge in [-0.25, -0.2) is 0 Å². The van der Waals surface area contributed by atoms with Crippen molar-refractivity contribution in [2.75, 3.05) is 6.54 Å². The van der Waals surface area contributed by atoms with Crippen LogP contribution in [-0.4, -0.2) is 34.5 Å². The van der Waals surface area contributed by atoms with E-state index in [0.717, 1.165) is 12.8 Å². The Morgan fingerprint density at radius 1 is 1.29 bits per heavy atom. The van der Waals surface area contributed by atoms with Gasteiger partial charge in [-0.1, -0.05) is 29.3 Å². The highest BCUT2D eigenvalue weighted by Crippen LogP contribution is 2.28. The fraction of sp³-hybridized carbons (Fsp3) is 0.333. The molecule has 1 aliphatic rings. The predicted molar refractivity (Wildman–Crippen MR) is 82.5 cm³/mol. The Kier molecular flexibility index (Phi) is 5.26. The summed E-state index contributed by atoms with van der Waals surface area (Å²) in [6, 6.07) is 5.28. The molecule has 0 atom stereocenters. The highest BCUT2D eigenvalue weighted by Gasteiger charge is 2.31. The van der Waals surface area contributed by atoms with E-state index in [4.69, 9.17) is 28.3 Å². The Morgan fingerprint density at radius 2 is 1.90 bits per heavy atom. The Balaban J connectivity index is 2.07. The van der Waals surface area contributed by atoms with E-state index in [9.17, 15) is 9.59 Å². The van der Waals surface area contributed by atoms with Gasteiger partial charge in [0.15, 0.2) is 0 Å². The van der Waals surface area contributed by atoms with Gasteiger partial charge in [0.05, 0.1) is 6.42 Å². The molecule has 1 fully saturated rings. The number of benzene rings is 1. The average Bonchev–Trinajstić information content (AvgIpc) is 3.22. The van der Waals surface area contributed by atoms with E-state index < -0.39 is 5.97 Å². The van der Waals surface area contributed by atoms with Gasteiger partial charge in [-0.15, -0.1) is 0 Å². The highest BCUT2D eigenvalue weighted by atomic mass is 35.5. The van der Waals surface area contributed by atoms with Crippen LogP contribution in [0.4, 0.5) is 0 Å². The average molecular weight is 328 g/mol. The van der Waals surface area contributed by atoms with Crippen LogP contribution in [0.15, 0.2) is 24.3 Å². The number of hydrogen-bond donors (Lipinski definition) is 1. The summed E-state index contributed by atoms with van der Waals surface area (Å²) in [4.78, 5) is 24.4. The molecular formula is C15H15Cl2NO3. The second kappa shape index (κ2) is 6.96. The smallest absolute Gasteiger partial charge is 0.305 e. The molecule has 0 bridgehead atoms. The van der Waals surface area contributed by atoms with Crippen molar-refractivity contribution in [1.29, 1.82) is 0 Å². The van der Waals surface area contributed by atoms with E-state index in [1.165, 1.54) is 6.08 Å². The molecular weight excluding hydrogens is 313 g/mol. The van der Waals surface area contributed by atoms with Crippen molar-refractivity contribution in [3.8, 4) is 0 Å². The second-order valence-corrected chi connectivity index (χ2v) is 5.69. The summed E-state index contributed by atoms with van der Waals surface area (Å²) in [5.41, 5.74) is 0.586. The molecule has 0 radical (unpaired) electrons. The molecule has 1 saturated carbocycles. The quantitative estimate of drug-likeness (QED) is 0.814. The van der Waals surface area contributed by atoms with Crippen LogP contribution in [0.5, 0.6) is 0 Å². The van der Waals surface area contributed by atoms with E-state index in [1.807, 2.05) is 0 Å². The van der Waals surface area contributed by atoms with Crippen molar-refractivity contribution in [3.05, 3.63) is 39.9 Å². The third kappa shape index (κ3) is 4.48. The first-order chi connectivity index (χ1) is 9.99. The summed E-state index contributed by atoms with van der Waals surface area (Å²) in [6.45, 7) is 0.222. The van der Waals surface area contributed by atoms with Gasteiger partial charge in [-0.05, 0) is 31.1 Å². The topological polar surface area (TPSA) is 57.6 Å². The zero-order valence-corrected chi connectivity index (χ0v) is 12.8. The van der Waals surface area contributed by atoms with E-state index in [1.54, 1.807) is 29.2 Å². The van der Waals surface area contributed by atoms with Crippen molar-refractivity contribution in [1.82, 2.24) is 4.90 Å². The van der Waals surface area contributed by atoms with Crippen LogP contribution in [0.3, 0.4) is 0 Å². The SMILES string of the molecule is O=C(O)CCN(C(=O)/C=C/c1c(Cl)cccc1Cl)C1CC1. The largest absolute Gasteiger partial charge is 0.481 e. The van der Waals surface area contributed by atoms with Crippen molar-refractivity contribution in [2.24, 2.45) is 0 Å². The van der Waals surface area contributed by atoms with Crippen LogP contribution in [0.25, 0.3) is 6.08 Å². The molecule has 0 heterocycles. The van der Waals surface area contributed by atoms with Gasteiger partial charge in [0.1, 0.15) is 0 Å². The fourth-order valence-electron chi connectivity index (χ4n) is 2.00. The van der Waals surface area contributed by atoms with Gasteiger partial charge in [0.2, 0.25) is 5.91 Å². The number of carbonyl (C=O) groups is 2. The van der Waals surface area contributed by atoms with Crippen LogP contribution < -0.4 is 0 Å². The highest BCUT2D eigenvalue weighted by molar-refractivity contribution is 6.37.